The van der Waals surface area contributed by atoms with Crippen molar-refractivity contribution in [2.45, 2.75) is 19.3 Å². The second kappa shape index (κ2) is 5.24. The first-order chi connectivity index (χ1) is 8.58. The Balaban J connectivity index is 2.09. The van der Waals surface area contributed by atoms with E-state index in [4.69, 9.17) is 5.11 Å². The monoisotopic (exact) mass is 257 g/mol. The fourth-order valence-corrected chi connectivity index (χ4v) is 1.97. The van der Waals surface area contributed by atoms with E-state index in [1.807, 2.05) is 0 Å². The van der Waals surface area contributed by atoms with Gasteiger partial charge in [0, 0.05) is 25.5 Å². The average molecular weight is 257 g/mol. The number of nitrogens with zero attached hydrogens (tertiary/aromatic N) is 3. The summed E-state index contributed by atoms with van der Waals surface area (Å²) in [5, 5.41) is 8.95. The summed E-state index contributed by atoms with van der Waals surface area (Å²) in [6, 6.07) is 0. The van der Waals surface area contributed by atoms with Gasteiger partial charge in [0.05, 0.1) is 11.5 Å². The molecule has 1 atom stereocenters. The molecular formula is C11H13F2N3O2. The summed E-state index contributed by atoms with van der Waals surface area (Å²) < 4.78 is 24.7. The molecule has 1 aromatic heterocycles. The van der Waals surface area contributed by atoms with Crippen LogP contribution in [0.3, 0.4) is 0 Å². The minimum atomic E-state index is -2.59. The first-order valence-corrected chi connectivity index (χ1v) is 5.66. The summed E-state index contributed by atoms with van der Waals surface area (Å²) in [7, 11) is 0. The van der Waals surface area contributed by atoms with Crippen LogP contribution in [0.1, 0.15) is 24.8 Å². The third-order valence-electron chi connectivity index (χ3n) is 2.96. The summed E-state index contributed by atoms with van der Waals surface area (Å²) in [6.45, 7) is 0.973. The Morgan fingerprint density at radius 1 is 1.44 bits per heavy atom. The molecule has 0 saturated carbocycles. The second-order valence-corrected chi connectivity index (χ2v) is 4.24. The van der Waals surface area contributed by atoms with E-state index in [0.29, 0.717) is 25.5 Å². The number of hydrogen-bond acceptors (Lipinski definition) is 4. The fourth-order valence-electron chi connectivity index (χ4n) is 1.97. The van der Waals surface area contributed by atoms with Crippen molar-refractivity contribution in [3.8, 4) is 0 Å². The third kappa shape index (κ3) is 2.72. The van der Waals surface area contributed by atoms with Crippen LogP contribution in [0, 0.1) is 5.92 Å². The first-order valence-electron chi connectivity index (χ1n) is 5.66. The molecule has 1 unspecified atom stereocenters. The summed E-state index contributed by atoms with van der Waals surface area (Å²) in [5.41, 5.74) is -0.231. The van der Waals surface area contributed by atoms with E-state index in [1.54, 1.807) is 4.90 Å². The molecule has 1 fully saturated rings. The van der Waals surface area contributed by atoms with Crippen molar-refractivity contribution in [3.05, 3.63) is 18.0 Å². The van der Waals surface area contributed by atoms with Gasteiger partial charge < -0.3 is 10.0 Å². The number of hydrogen-bond donors (Lipinski definition) is 1. The highest BCUT2D eigenvalue weighted by Crippen LogP contribution is 2.22. The van der Waals surface area contributed by atoms with Crippen molar-refractivity contribution in [1.82, 2.24) is 9.97 Å². The van der Waals surface area contributed by atoms with Gasteiger partial charge in [0.25, 0.3) is 6.43 Å². The Hall–Kier alpha value is -1.79. The SMILES string of the molecule is O=C(O)C1CCCN(c2ncc(C(F)F)cn2)C1. The number of carbonyl (C=O) groups is 1. The standard InChI is InChI=1S/C11H13F2N3O2/c12-9(13)8-4-14-11(15-5-8)16-3-1-2-7(6-16)10(17)18/h4-5,7,9H,1-3,6H2,(H,17,18). The van der Waals surface area contributed by atoms with Gasteiger partial charge in [-0.05, 0) is 12.8 Å². The van der Waals surface area contributed by atoms with E-state index >= 15 is 0 Å². The summed E-state index contributed by atoms with van der Waals surface area (Å²) >= 11 is 0. The molecule has 5 nitrogen and oxygen atoms in total. The maximum absolute atomic E-state index is 12.3. The Morgan fingerprint density at radius 3 is 2.67 bits per heavy atom. The molecule has 0 amide bonds. The van der Waals surface area contributed by atoms with E-state index in [9.17, 15) is 13.6 Å². The summed E-state index contributed by atoms with van der Waals surface area (Å²) in [5.74, 6) is -0.980. The lowest BCUT2D eigenvalue weighted by atomic mass is 9.99. The summed E-state index contributed by atoms with van der Waals surface area (Å²) in [4.78, 5) is 20.3. The van der Waals surface area contributed by atoms with Gasteiger partial charge in [0.2, 0.25) is 5.95 Å². The Morgan fingerprint density at radius 2 is 2.11 bits per heavy atom. The predicted molar refractivity (Wildman–Crippen MR) is 59.6 cm³/mol. The van der Waals surface area contributed by atoms with Crippen LogP contribution in [0.5, 0.6) is 0 Å². The Bertz CT molecular complexity index is 425. The maximum Gasteiger partial charge on any atom is 0.308 e. The summed E-state index contributed by atoms with van der Waals surface area (Å²) in [6.07, 6.45) is 0.930. The number of alkyl halides is 2. The number of anilines is 1. The Kier molecular flexibility index (Phi) is 3.69. The van der Waals surface area contributed by atoms with Gasteiger partial charge in [-0.1, -0.05) is 0 Å². The number of halogens is 2. The molecule has 0 aromatic carbocycles. The van der Waals surface area contributed by atoms with Gasteiger partial charge in [0.15, 0.2) is 0 Å². The molecule has 1 saturated heterocycles. The zero-order valence-electron chi connectivity index (χ0n) is 9.59. The highest BCUT2D eigenvalue weighted by atomic mass is 19.3. The van der Waals surface area contributed by atoms with Crippen molar-refractivity contribution in [1.29, 1.82) is 0 Å². The van der Waals surface area contributed by atoms with Crippen LogP contribution in [0.25, 0.3) is 0 Å². The van der Waals surface area contributed by atoms with Crippen LogP contribution in [0.2, 0.25) is 0 Å². The van der Waals surface area contributed by atoms with Gasteiger partial charge in [-0.3, -0.25) is 4.79 Å². The highest BCUT2D eigenvalue weighted by Gasteiger charge is 2.26. The number of aliphatic carboxylic acids is 1. The molecule has 98 valence electrons. The zero-order chi connectivity index (χ0) is 13.1. The number of rotatable bonds is 3. The molecule has 1 N–H and O–H groups in total. The van der Waals surface area contributed by atoms with Crippen LogP contribution in [-0.4, -0.2) is 34.1 Å². The lowest BCUT2D eigenvalue weighted by Gasteiger charge is -2.30. The second-order valence-electron chi connectivity index (χ2n) is 4.24. The van der Waals surface area contributed by atoms with E-state index < -0.39 is 18.3 Å². The quantitative estimate of drug-likeness (QED) is 0.893. The molecule has 18 heavy (non-hydrogen) atoms. The first kappa shape index (κ1) is 12.7. The molecule has 7 heteroatoms. The average Bonchev–Trinajstić information content (AvgIpc) is 2.39. The van der Waals surface area contributed by atoms with E-state index in [1.165, 1.54) is 0 Å². The number of piperidine rings is 1. The lowest BCUT2D eigenvalue weighted by Crippen LogP contribution is -2.39. The molecule has 1 aromatic rings. The maximum atomic E-state index is 12.3. The van der Waals surface area contributed by atoms with Crippen LogP contribution in [0.15, 0.2) is 12.4 Å². The van der Waals surface area contributed by atoms with E-state index in [2.05, 4.69) is 9.97 Å². The van der Waals surface area contributed by atoms with Crippen LogP contribution >= 0.6 is 0 Å². The molecule has 2 rings (SSSR count). The van der Waals surface area contributed by atoms with Crippen LogP contribution in [0.4, 0.5) is 14.7 Å². The van der Waals surface area contributed by atoms with Gasteiger partial charge in [-0.2, -0.15) is 0 Å². The molecule has 0 radical (unpaired) electrons. The predicted octanol–water partition coefficient (Wildman–Crippen LogP) is 1.72. The van der Waals surface area contributed by atoms with Gasteiger partial charge in [-0.25, -0.2) is 18.7 Å². The fraction of sp³-hybridized carbons (Fsp3) is 0.545. The number of carboxylic acid groups (broad SMARTS) is 1. The van der Waals surface area contributed by atoms with Crippen molar-refractivity contribution in [2.24, 2.45) is 5.92 Å². The minimum Gasteiger partial charge on any atom is -0.481 e. The zero-order valence-corrected chi connectivity index (χ0v) is 9.59. The molecule has 1 aliphatic rings. The smallest absolute Gasteiger partial charge is 0.308 e. The normalized spacial score (nSPS) is 20.2. The van der Waals surface area contributed by atoms with Crippen molar-refractivity contribution < 1.29 is 18.7 Å². The third-order valence-corrected chi connectivity index (χ3v) is 2.96. The van der Waals surface area contributed by atoms with Gasteiger partial charge in [0.1, 0.15) is 0 Å². The molecule has 1 aliphatic heterocycles. The topological polar surface area (TPSA) is 66.3 Å². The minimum absolute atomic E-state index is 0.231. The highest BCUT2D eigenvalue weighted by molar-refractivity contribution is 5.71. The molecule has 0 spiro atoms. The van der Waals surface area contributed by atoms with Crippen molar-refractivity contribution in [2.75, 3.05) is 18.0 Å². The number of aromatic nitrogens is 2. The number of carboxylic acids is 1. The largest absolute Gasteiger partial charge is 0.481 e. The van der Waals surface area contributed by atoms with E-state index in [-0.39, 0.29) is 5.56 Å². The van der Waals surface area contributed by atoms with Gasteiger partial charge >= 0.3 is 5.97 Å². The van der Waals surface area contributed by atoms with Crippen molar-refractivity contribution in [3.63, 3.8) is 0 Å². The van der Waals surface area contributed by atoms with Crippen LogP contribution < -0.4 is 4.90 Å². The van der Waals surface area contributed by atoms with Crippen molar-refractivity contribution >= 4 is 11.9 Å². The molecule has 0 bridgehead atoms. The van der Waals surface area contributed by atoms with Crippen LogP contribution in [-0.2, 0) is 4.79 Å². The van der Waals surface area contributed by atoms with E-state index in [0.717, 1.165) is 18.8 Å². The van der Waals surface area contributed by atoms with Gasteiger partial charge in [-0.15, -0.1) is 0 Å². The molecule has 0 aliphatic carbocycles. The Labute approximate surface area is 102 Å². The lowest BCUT2D eigenvalue weighted by molar-refractivity contribution is -0.141. The molecule has 2 heterocycles. The molecular weight excluding hydrogens is 244 g/mol.